The van der Waals surface area contributed by atoms with Crippen LogP contribution in [0.25, 0.3) is 0 Å². The number of hydrogen-bond donors (Lipinski definition) is 2. The van der Waals surface area contributed by atoms with Crippen molar-refractivity contribution in [1.82, 2.24) is 15.1 Å². The first-order chi connectivity index (χ1) is 16.4. The molecule has 0 spiro atoms. The van der Waals surface area contributed by atoms with Gasteiger partial charge in [0.25, 0.3) is 0 Å². The Labute approximate surface area is 206 Å². The maximum absolute atomic E-state index is 14.2. The molecule has 0 radical (unpaired) electrons. The molecule has 1 saturated heterocycles. The number of allylic oxidation sites excluding steroid dienone is 1. The molecule has 34 heavy (non-hydrogen) atoms. The first-order valence-corrected chi connectivity index (χ1v) is 12.6. The lowest BCUT2D eigenvalue weighted by molar-refractivity contribution is -0.134. The molecule has 1 aromatic carbocycles. The summed E-state index contributed by atoms with van der Waals surface area (Å²) in [6, 6.07) is 7.57. The first-order valence-electron chi connectivity index (χ1n) is 12.2. The van der Waals surface area contributed by atoms with E-state index in [9.17, 15) is 9.18 Å². The number of aliphatic imine (C=N–C) groups is 1. The highest BCUT2D eigenvalue weighted by Crippen LogP contribution is 2.34. The van der Waals surface area contributed by atoms with Gasteiger partial charge in [-0.2, -0.15) is 0 Å². The summed E-state index contributed by atoms with van der Waals surface area (Å²) in [5.74, 6) is 1.29. The van der Waals surface area contributed by atoms with Crippen molar-refractivity contribution in [3.8, 4) is 0 Å². The van der Waals surface area contributed by atoms with Crippen LogP contribution < -0.4 is 11.1 Å². The number of rotatable bonds is 8. The lowest BCUT2D eigenvalue weighted by Crippen LogP contribution is -2.53. The minimum atomic E-state index is -1.13. The Morgan fingerprint density at radius 3 is 2.47 bits per heavy atom. The summed E-state index contributed by atoms with van der Waals surface area (Å²) in [4.78, 5) is 22.1. The number of alkyl halides is 1. The number of nitrogens with one attached hydrogen (secondary N) is 1. The zero-order valence-electron chi connectivity index (χ0n) is 19.9. The van der Waals surface area contributed by atoms with Crippen molar-refractivity contribution >= 4 is 23.3 Å². The lowest BCUT2D eigenvalue weighted by Gasteiger charge is -2.38. The van der Waals surface area contributed by atoms with Crippen LogP contribution in [-0.4, -0.2) is 67.0 Å². The highest BCUT2D eigenvalue weighted by atomic mass is 35.5. The number of amidine groups is 1. The van der Waals surface area contributed by atoms with Gasteiger partial charge in [-0.3, -0.25) is 4.79 Å². The molecule has 0 bridgehead atoms. The number of amides is 1. The minimum Gasteiger partial charge on any atom is -0.399 e. The van der Waals surface area contributed by atoms with Gasteiger partial charge >= 0.3 is 0 Å². The Morgan fingerprint density at radius 2 is 1.91 bits per heavy atom. The normalized spacial score (nSPS) is 24.5. The molecule has 1 aliphatic heterocycles. The monoisotopic (exact) mass is 487 g/mol. The van der Waals surface area contributed by atoms with E-state index in [1.807, 2.05) is 36.1 Å². The number of nitrogens with zero attached hydrogens (tertiary/aromatic N) is 3. The number of hydrogen-bond acceptors (Lipinski definition) is 4. The van der Waals surface area contributed by atoms with Crippen molar-refractivity contribution in [2.24, 2.45) is 22.6 Å². The Balaban J connectivity index is 1.44. The van der Waals surface area contributed by atoms with E-state index >= 15 is 0 Å². The van der Waals surface area contributed by atoms with E-state index in [1.165, 1.54) is 19.0 Å². The van der Waals surface area contributed by atoms with Gasteiger partial charge in [-0.15, -0.1) is 0 Å². The predicted molar refractivity (Wildman–Crippen MR) is 135 cm³/mol. The van der Waals surface area contributed by atoms with Crippen molar-refractivity contribution in [1.29, 1.82) is 0 Å². The second-order valence-corrected chi connectivity index (χ2v) is 10.1. The molecule has 4 rings (SSSR count). The van der Waals surface area contributed by atoms with Crippen molar-refractivity contribution in [3.05, 3.63) is 58.9 Å². The standard InChI is InChI=1S/C26H35ClFN5O/c1-3-31-25(23-17(2)14-22(28)24(23)29)32-10-12-33(13-11-32)26(34)21(16-30-15-18-4-5-18)19-6-8-20(27)9-7-19/h3,6-9,17-18,21-22,30H,1,4-5,10-16,29H2,2H3/b31-25+/t17-,21-,22+/m1/s1. The van der Waals surface area contributed by atoms with E-state index in [1.54, 1.807) is 0 Å². The van der Waals surface area contributed by atoms with Crippen LogP contribution in [0.1, 0.15) is 37.7 Å². The molecule has 0 unspecified atom stereocenters. The topological polar surface area (TPSA) is 74.0 Å². The van der Waals surface area contributed by atoms with Gasteiger partial charge in [-0.1, -0.05) is 37.2 Å². The number of carbonyl (C=O) groups is 1. The van der Waals surface area contributed by atoms with Gasteiger partial charge in [0.05, 0.1) is 11.6 Å². The van der Waals surface area contributed by atoms with Gasteiger partial charge in [0.1, 0.15) is 12.0 Å². The molecule has 3 aliphatic rings. The highest BCUT2D eigenvalue weighted by Gasteiger charge is 2.36. The molecule has 2 fully saturated rings. The summed E-state index contributed by atoms with van der Waals surface area (Å²) in [6.07, 6.45) is 3.27. The van der Waals surface area contributed by atoms with Gasteiger partial charge in [-0.05, 0) is 55.3 Å². The lowest BCUT2D eigenvalue weighted by atomic mass is 9.96. The van der Waals surface area contributed by atoms with Crippen LogP contribution in [0, 0.1) is 11.8 Å². The van der Waals surface area contributed by atoms with E-state index in [2.05, 4.69) is 21.8 Å². The third-order valence-electron chi connectivity index (χ3n) is 7.10. The molecule has 2 aliphatic carbocycles. The SMILES string of the molecule is C=C/N=C(\C1=C(N)[C@@H](F)C[C@H]1C)N1CCN(C(=O)[C@H](CNCC2CC2)c2ccc(Cl)cc2)CC1. The van der Waals surface area contributed by atoms with Crippen molar-refractivity contribution < 1.29 is 9.18 Å². The minimum absolute atomic E-state index is 0.000175. The zero-order chi connectivity index (χ0) is 24.2. The van der Waals surface area contributed by atoms with Gasteiger partial charge in [-0.25, -0.2) is 9.38 Å². The maximum atomic E-state index is 14.2. The van der Waals surface area contributed by atoms with Crippen LogP contribution in [0.5, 0.6) is 0 Å². The zero-order valence-corrected chi connectivity index (χ0v) is 20.6. The fourth-order valence-electron chi connectivity index (χ4n) is 4.92. The molecule has 0 aromatic heterocycles. The summed E-state index contributed by atoms with van der Waals surface area (Å²) < 4.78 is 14.2. The van der Waals surface area contributed by atoms with Crippen LogP contribution in [-0.2, 0) is 4.79 Å². The molecule has 8 heteroatoms. The van der Waals surface area contributed by atoms with Gasteiger partial charge < -0.3 is 20.9 Å². The van der Waals surface area contributed by atoms with Crippen molar-refractivity contribution in [3.63, 3.8) is 0 Å². The van der Waals surface area contributed by atoms with E-state index in [0.717, 1.165) is 23.6 Å². The van der Waals surface area contributed by atoms with E-state index in [0.29, 0.717) is 50.0 Å². The summed E-state index contributed by atoms with van der Waals surface area (Å²) in [6.45, 7) is 9.65. The fraction of sp³-hybridized carbons (Fsp3) is 0.538. The number of benzene rings is 1. The average molecular weight is 488 g/mol. The molecule has 1 saturated carbocycles. The molecule has 1 amide bonds. The molecule has 6 nitrogen and oxygen atoms in total. The van der Waals surface area contributed by atoms with Crippen LogP contribution in [0.15, 0.2) is 53.3 Å². The molecule has 184 valence electrons. The quantitative estimate of drug-likeness (QED) is 0.433. The van der Waals surface area contributed by atoms with Crippen LogP contribution >= 0.6 is 11.6 Å². The molecule has 3 atom stereocenters. The fourth-order valence-corrected chi connectivity index (χ4v) is 5.05. The Morgan fingerprint density at radius 1 is 1.26 bits per heavy atom. The van der Waals surface area contributed by atoms with Crippen LogP contribution in [0.2, 0.25) is 5.02 Å². The number of carbonyl (C=O) groups excluding carboxylic acids is 1. The Hall–Kier alpha value is -2.38. The highest BCUT2D eigenvalue weighted by molar-refractivity contribution is 6.30. The number of halogens is 2. The summed E-state index contributed by atoms with van der Waals surface area (Å²) in [5.41, 5.74) is 8.12. The average Bonchev–Trinajstić information content (AvgIpc) is 3.62. The van der Waals surface area contributed by atoms with Crippen molar-refractivity contribution in [2.75, 3.05) is 39.3 Å². The van der Waals surface area contributed by atoms with Crippen LogP contribution in [0.4, 0.5) is 4.39 Å². The Kier molecular flexibility index (Phi) is 7.94. The molecular weight excluding hydrogens is 453 g/mol. The van der Waals surface area contributed by atoms with E-state index < -0.39 is 6.17 Å². The second-order valence-electron chi connectivity index (χ2n) is 9.63. The predicted octanol–water partition coefficient (Wildman–Crippen LogP) is 3.70. The Bertz CT molecular complexity index is 950. The molecule has 1 heterocycles. The molecule has 1 aromatic rings. The summed E-state index contributed by atoms with van der Waals surface area (Å²) in [5, 5.41) is 4.16. The van der Waals surface area contributed by atoms with E-state index in [4.69, 9.17) is 17.3 Å². The third kappa shape index (κ3) is 5.63. The van der Waals surface area contributed by atoms with Crippen molar-refractivity contribution in [2.45, 2.75) is 38.3 Å². The number of nitrogens with two attached hydrogens (primary N) is 1. The molecular formula is C26H35ClFN5O. The van der Waals surface area contributed by atoms with Crippen LogP contribution in [0.3, 0.4) is 0 Å². The second kappa shape index (κ2) is 10.9. The summed E-state index contributed by atoms with van der Waals surface area (Å²) in [7, 11) is 0. The van der Waals surface area contributed by atoms with Gasteiger partial charge in [0, 0.05) is 49.5 Å². The van der Waals surface area contributed by atoms with E-state index in [-0.39, 0.29) is 23.4 Å². The third-order valence-corrected chi connectivity index (χ3v) is 7.35. The first kappa shape index (κ1) is 24.7. The largest absolute Gasteiger partial charge is 0.399 e. The van der Waals surface area contributed by atoms with Gasteiger partial charge in [0.2, 0.25) is 5.91 Å². The van der Waals surface area contributed by atoms with Gasteiger partial charge in [0.15, 0.2) is 0 Å². The number of piperazine rings is 1. The summed E-state index contributed by atoms with van der Waals surface area (Å²) >= 11 is 6.08. The smallest absolute Gasteiger partial charge is 0.231 e. The maximum Gasteiger partial charge on any atom is 0.231 e. The molecule has 3 N–H and O–H groups in total.